The molecule has 0 amide bonds. The van der Waals surface area contributed by atoms with Crippen LogP contribution >= 0.6 is 0 Å². The van der Waals surface area contributed by atoms with Crippen molar-refractivity contribution in [2.75, 3.05) is 13.1 Å². The fourth-order valence-electron chi connectivity index (χ4n) is 5.19. The molecule has 0 aromatic rings. The summed E-state index contributed by atoms with van der Waals surface area (Å²) in [7, 11) is 0. The Bertz CT molecular complexity index is 349. The van der Waals surface area contributed by atoms with E-state index in [1.807, 2.05) is 0 Å². The first kappa shape index (κ1) is 21.2. The van der Waals surface area contributed by atoms with Crippen LogP contribution in [0.3, 0.4) is 0 Å². The highest BCUT2D eigenvalue weighted by Gasteiger charge is 2.26. The lowest BCUT2D eigenvalue weighted by molar-refractivity contribution is 0.120. The van der Waals surface area contributed by atoms with Gasteiger partial charge in [0.15, 0.2) is 0 Å². The fourth-order valence-corrected chi connectivity index (χ4v) is 5.19. The number of likely N-dealkylation sites (tertiary alicyclic amines) is 1. The number of rotatable bonds is 8. The van der Waals surface area contributed by atoms with Crippen LogP contribution in [0.5, 0.6) is 0 Å². The molecule has 2 nitrogen and oxygen atoms in total. The van der Waals surface area contributed by atoms with Crippen molar-refractivity contribution in [3.8, 4) is 0 Å². The molecule has 2 atom stereocenters. The van der Waals surface area contributed by atoms with Gasteiger partial charge in [-0.05, 0) is 109 Å². The van der Waals surface area contributed by atoms with E-state index in [0.717, 1.165) is 35.8 Å². The van der Waals surface area contributed by atoms with Gasteiger partial charge in [-0.3, -0.25) is 0 Å². The standard InChI is InChI=1S/C23H46N2/c1-17(2)21-9-11-23(12-10-21)24-20(6)8-7-19(5)22-13-15-25(16-14-22)18(3)4/h17-24H,7-16H2,1-6H3. The number of nitrogens with one attached hydrogen (secondary N) is 1. The van der Waals surface area contributed by atoms with Crippen LogP contribution in [0.4, 0.5) is 0 Å². The normalized spacial score (nSPS) is 29.3. The number of hydrogen-bond acceptors (Lipinski definition) is 2. The van der Waals surface area contributed by atoms with Crippen molar-refractivity contribution in [2.24, 2.45) is 23.7 Å². The van der Waals surface area contributed by atoms with Crippen LogP contribution in [0.15, 0.2) is 0 Å². The topological polar surface area (TPSA) is 15.3 Å². The van der Waals surface area contributed by atoms with Crippen molar-refractivity contribution in [2.45, 2.75) is 111 Å². The van der Waals surface area contributed by atoms with E-state index in [9.17, 15) is 0 Å². The van der Waals surface area contributed by atoms with Crippen molar-refractivity contribution in [1.29, 1.82) is 0 Å². The van der Waals surface area contributed by atoms with Gasteiger partial charge in [0.25, 0.3) is 0 Å². The summed E-state index contributed by atoms with van der Waals surface area (Å²) in [5, 5.41) is 3.95. The minimum Gasteiger partial charge on any atom is -0.312 e. The third-order valence-electron chi connectivity index (χ3n) is 7.40. The predicted molar refractivity (Wildman–Crippen MR) is 111 cm³/mol. The maximum absolute atomic E-state index is 3.95. The average Bonchev–Trinajstić information content (AvgIpc) is 2.60. The van der Waals surface area contributed by atoms with E-state index >= 15 is 0 Å². The van der Waals surface area contributed by atoms with Crippen LogP contribution < -0.4 is 5.32 Å². The van der Waals surface area contributed by atoms with Crippen LogP contribution in [-0.4, -0.2) is 36.1 Å². The highest BCUT2D eigenvalue weighted by molar-refractivity contribution is 4.82. The van der Waals surface area contributed by atoms with Crippen LogP contribution in [0, 0.1) is 23.7 Å². The molecule has 1 saturated carbocycles. The number of nitrogens with zero attached hydrogens (tertiary/aromatic N) is 1. The van der Waals surface area contributed by atoms with Crippen LogP contribution in [-0.2, 0) is 0 Å². The van der Waals surface area contributed by atoms with Gasteiger partial charge >= 0.3 is 0 Å². The van der Waals surface area contributed by atoms with Gasteiger partial charge in [0.2, 0.25) is 0 Å². The van der Waals surface area contributed by atoms with Crippen LogP contribution in [0.2, 0.25) is 0 Å². The Hall–Kier alpha value is -0.0800. The first-order valence-corrected chi connectivity index (χ1v) is 11.4. The molecular formula is C23H46N2. The minimum atomic E-state index is 0.693. The van der Waals surface area contributed by atoms with Crippen molar-refractivity contribution in [3.63, 3.8) is 0 Å². The molecule has 0 bridgehead atoms. The molecule has 0 aromatic carbocycles. The summed E-state index contributed by atoms with van der Waals surface area (Å²) >= 11 is 0. The summed E-state index contributed by atoms with van der Waals surface area (Å²) in [5.41, 5.74) is 0. The van der Waals surface area contributed by atoms with Gasteiger partial charge in [-0.1, -0.05) is 20.8 Å². The lowest BCUT2D eigenvalue weighted by atomic mass is 9.79. The third-order valence-corrected chi connectivity index (χ3v) is 7.40. The molecule has 1 aliphatic heterocycles. The molecule has 1 heterocycles. The molecule has 2 aliphatic rings. The highest BCUT2D eigenvalue weighted by atomic mass is 15.1. The molecule has 0 spiro atoms. The molecule has 1 saturated heterocycles. The Labute approximate surface area is 158 Å². The zero-order valence-electron chi connectivity index (χ0n) is 18.1. The van der Waals surface area contributed by atoms with Crippen LogP contribution in [0.1, 0.15) is 92.9 Å². The fraction of sp³-hybridized carbons (Fsp3) is 1.00. The number of piperidine rings is 1. The zero-order chi connectivity index (χ0) is 18.4. The summed E-state index contributed by atoms with van der Waals surface area (Å²) in [6.07, 6.45) is 11.3. The molecule has 2 unspecified atom stereocenters. The van der Waals surface area contributed by atoms with Gasteiger partial charge in [0.1, 0.15) is 0 Å². The van der Waals surface area contributed by atoms with E-state index in [2.05, 4.69) is 51.8 Å². The van der Waals surface area contributed by atoms with Gasteiger partial charge < -0.3 is 10.2 Å². The molecule has 1 aliphatic carbocycles. The minimum absolute atomic E-state index is 0.693. The van der Waals surface area contributed by atoms with Crippen LogP contribution in [0.25, 0.3) is 0 Å². The second-order valence-electron chi connectivity index (χ2n) is 9.95. The lowest BCUT2D eigenvalue weighted by Crippen LogP contribution is -2.41. The molecule has 25 heavy (non-hydrogen) atoms. The van der Waals surface area contributed by atoms with Gasteiger partial charge in [0, 0.05) is 18.1 Å². The maximum Gasteiger partial charge on any atom is 0.00697 e. The van der Waals surface area contributed by atoms with E-state index in [0.29, 0.717) is 6.04 Å². The number of hydrogen-bond donors (Lipinski definition) is 1. The van der Waals surface area contributed by atoms with Crippen molar-refractivity contribution in [1.82, 2.24) is 10.2 Å². The molecule has 0 radical (unpaired) electrons. The van der Waals surface area contributed by atoms with Gasteiger partial charge in [-0.25, -0.2) is 0 Å². The molecule has 2 fully saturated rings. The molecule has 2 rings (SSSR count). The van der Waals surface area contributed by atoms with Gasteiger partial charge in [-0.2, -0.15) is 0 Å². The Morgan fingerprint density at radius 3 is 1.88 bits per heavy atom. The largest absolute Gasteiger partial charge is 0.312 e. The Morgan fingerprint density at radius 2 is 1.36 bits per heavy atom. The van der Waals surface area contributed by atoms with E-state index in [4.69, 9.17) is 0 Å². The van der Waals surface area contributed by atoms with Gasteiger partial charge in [-0.15, -0.1) is 0 Å². The van der Waals surface area contributed by atoms with E-state index in [1.54, 1.807) is 0 Å². The summed E-state index contributed by atoms with van der Waals surface area (Å²) in [6.45, 7) is 17.0. The quantitative estimate of drug-likeness (QED) is 0.602. The first-order chi connectivity index (χ1) is 11.9. The Balaban J connectivity index is 1.61. The molecule has 1 N–H and O–H groups in total. The third kappa shape index (κ3) is 6.86. The second kappa shape index (κ2) is 10.3. The summed E-state index contributed by atoms with van der Waals surface area (Å²) < 4.78 is 0. The summed E-state index contributed by atoms with van der Waals surface area (Å²) in [6, 6.07) is 2.21. The molecular weight excluding hydrogens is 304 g/mol. The average molecular weight is 351 g/mol. The molecule has 2 heteroatoms. The van der Waals surface area contributed by atoms with E-state index in [-0.39, 0.29) is 0 Å². The lowest BCUT2D eigenvalue weighted by Gasteiger charge is -2.37. The zero-order valence-corrected chi connectivity index (χ0v) is 18.1. The molecule has 0 aromatic heterocycles. The monoisotopic (exact) mass is 350 g/mol. The van der Waals surface area contributed by atoms with E-state index in [1.165, 1.54) is 64.5 Å². The summed E-state index contributed by atoms with van der Waals surface area (Å²) in [5.74, 6) is 3.71. The Kier molecular flexibility index (Phi) is 8.75. The van der Waals surface area contributed by atoms with E-state index < -0.39 is 0 Å². The summed E-state index contributed by atoms with van der Waals surface area (Å²) in [4.78, 5) is 2.65. The SMILES string of the molecule is CC(CCC(C)C1CCN(C(C)C)CC1)NC1CCC(C(C)C)CC1. The van der Waals surface area contributed by atoms with Crippen molar-refractivity contribution >= 4 is 0 Å². The first-order valence-electron chi connectivity index (χ1n) is 11.4. The van der Waals surface area contributed by atoms with Crippen molar-refractivity contribution < 1.29 is 0 Å². The predicted octanol–water partition coefficient (Wildman–Crippen LogP) is 5.72. The van der Waals surface area contributed by atoms with Gasteiger partial charge in [0.05, 0.1) is 0 Å². The highest BCUT2D eigenvalue weighted by Crippen LogP contribution is 2.31. The smallest absolute Gasteiger partial charge is 0.00697 e. The molecule has 148 valence electrons. The second-order valence-corrected chi connectivity index (χ2v) is 9.95. The van der Waals surface area contributed by atoms with Crippen molar-refractivity contribution in [3.05, 3.63) is 0 Å². The maximum atomic E-state index is 3.95. The Morgan fingerprint density at radius 1 is 0.760 bits per heavy atom.